The first-order chi connectivity index (χ1) is 9.63. The quantitative estimate of drug-likeness (QED) is 0.758. The summed E-state index contributed by atoms with van der Waals surface area (Å²) < 4.78 is 5.09. The lowest BCUT2D eigenvalue weighted by atomic mass is 9.98. The number of rotatable bonds is 7. The van der Waals surface area contributed by atoms with Crippen LogP contribution >= 0.6 is 0 Å². The average Bonchev–Trinajstić information content (AvgIpc) is 3.02. The second kappa shape index (κ2) is 6.87. The van der Waals surface area contributed by atoms with Crippen molar-refractivity contribution in [2.24, 2.45) is 0 Å². The SMILES string of the molecule is CCC1NC2(CCCC2)C(=O)N1CCN(C)CCOC. The van der Waals surface area contributed by atoms with E-state index in [9.17, 15) is 4.79 Å². The lowest BCUT2D eigenvalue weighted by Gasteiger charge is -2.26. The number of amides is 1. The number of hydrogen-bond acceptors (Lipinski definition) is 4. The Morgan fingerprint density at radius 2 is 2.10 bits per heavy atom. The van der Waals surface area contributed by atoms with E-state index in [0.29, 0.717) is 5.91 Å². The molecule has 1 aliphatic carbocycles. The number of carbonyl (C=O) groups is 1. The van der Waals surface area contributed by atoms with Crippen molar-refractivity contribution in [2.45, 2.75) is 50.7 Å². The molecule has 2 aliphatic rings. The van der Waals surface area contributed by atoms with Crippen LogP contribution in [0.1, 0.15) is 39.0 Å². The zero-order valence-electron chi connectivity index (χ0n) is 13.2. The second-order valence-electron chi connectivity index (χ2n) is 6.15. The summed E-state index contributed by atoms with van der Waals surface area (Å²) in [6, 6.07) is 0. The zero-order chi connectivity index (χ0) is 14.6. The van der Waals surface area contributed by atoms with E-state index in [2.05, 4.69) is 29.1 Å². The Hall–Kier alpha value is -0.650. The number of carbonyl (C=O) groups excluding carboxylic acids is 1. The molecule has 5 heteroatoms. The number of methoxy groups -OCH3 is 1. The van der Waals surface area contributed by atoms with Crippen LogP contribution in [0.5, 0.6) is 0 Å². The van der Waals surface area contributed by atoms with Gasteiger partial charge in [-0.25, -0.2) is 0 Å². The van der Waals surface area contributed by atoms with Gasteiger partial charge in [-0.15, -0.1) is 0 Å². The van der Waals surface area contributed by atoms with Gasteiger partial charge in [-0.2, -0.15) is 0 Å². The van der Waals surface area contributed by atoms with E-state index in [1.165, 1.54) is 12.8 Å². The molecule has 1 amide bonds. The predicted octanol–water partition coefficient (Wildman–Crippen LogP) is 1.05. The van der Waals surface area contributed by atoms with Crippen molar-refractivity contribution in [3.8, 4) is 0 Å². The van der Waals surface area contributed by atoms with Gasteiger partial charge in [0.2, 0.25) is 5.91 Å². The molecule has 5 nitrogen and oxygen atoms in total. The molecule has 0 aromatic heterocycles. The molecule has 20 heavy (non-hydrogen) atoms. The van der Waals surface area contributed by atoms with Crippen molar-refractivity contribution in [3.05, 3.63) is 0 Å². The molecular formula is C15H29N3O2. The fourth-order valence-electron chi connectivity index (χ4n) is 3.43. The summed E-state index contributed by atoms with van der Waals surface area (Å²) in [4.78, 5) is 17.0. The molecule has 2 fully saturated rings. The number of nitrogens with one attached hydrogen (secondary N) is 1. The van der Waals surface area contributed by atoms with Crippen molar-refractivity contribution >= 4 is 5.91 Å². The van der Waals surface area contributed by atoms with E-state index in [1.54, 1.807) is 7.11 Å². The van der Waals surface area contributed by atoms with Crippen molar-refractivity contribution in [1.29, 1.82) is 0 Å². The lowest BCUT2D eigenvalue weighted by Crippen LogP contribution is -2.44. The van der Waals surface area contributed by atoms with Crippen LogP contribution in [0.2, 0.25) is 0 Å². The molecule has 2 rings (SSSR count). The first-order valence-corrected chi connectivity index (χ1v) is 7.89. The summed E-state index contributed by atoms with van der Waals surface area (Å²) in [7, 11) is 3.80. The molecular weight excluding hydrogens is 254 g/mol. The molecule has 1 heterocycles. The molecule has 1 aliphatic heterocycles. The van der Waals surface area contributed by atoms with Crippen molar-refractivity contribution in [3.63, 3.8) is 0 Å². The topological polar surface area (TPSA) is 44.8 Å². The summed E-state index contributed by atoms with van der Waals surface area (Å²) in [6.45, 7) is 5.52. The number of likely N-dealkylation sites (N-methyl/N-ethyl adjacent to an activating group) is 1. The van der Waals surface area contributed by atoms with E-state index in [4.69, 9.17) is 4.74 Å². The summed E-state index contributed by atoms with van der Waals surface area (Å²) in [5, 5.41) is 3.62. The Labute approximate surface area is 122 Å². The van der Waals surface area contributed by atoms with Gasteiger partial charge in [-0.05, 0) is 26.3 Å². The maximum absolute atomic E-state index is 12.7. The van der Waals surface area contributed by atoms with Gasteiger partial charge in [-0.3, -0.25) is 10.1 Å². The van der Waals surface area contributed by atoms with E-state index < -0.39 is 0 Å². The number of ether oxygens (including phenoxy) is 1. The number of nitrogens with zero attached hydrogens (tertiary/aromatic N) is 2. The van der Waals surface area contributed by atoms with Crippen LogP contribution in [-0.2, 0) is 9.53 Å². The summed E-state index contributed by atoms with van der Waals surface area (Å²) in [6.07, 6.45) is 5.58. The molecule has 0 aromatic rings. The van der Waals surface area contributed by atoms with Gasteiger partial charge in [0.15, 0.2) is 0 Å². The van der Waals surface area contributed by atoms with Gasteiger partial charge in [0.25, 0.3) is 0 Å². The molecule has 1 N–H and O–H groups in total. The summed E-state index contributed by atoms with van der Waals surface area (Å²) >= 11 is 0. The Bertz CT molecular complexity index is 329. The number of hydrogen-bond donors (Lipinski definition) is 1. The highest BCUT2D eigenvalue weighted by Gasteiger charge is 2.51. The van der Waals surface area contributed by atoms with Gasteiger partial charge in [0.05, 0.1) is 18.3 Å². The highest BCUT2D eigenvalue weighted by atomic mass is 16.5. The van der Waals surface area contributed by atoms with E-state index in [-0.39, 0.29) is 11.7 Å². The second-order valence-corrected chi connectivity index (χ2v) is 6.15. The minimum atomic E-state index is -0.230. The average molecular weight is 283 g/mol. The fourth-order valence-corrected chi connectivity index (χ4v) is 3.43. The standard InChI is InChI=1S/C15H29N3O2/c1-4-13-16-15(7-5-6-8-15)14(19)18(13)10-9-17(2)11-12-20-3/h13,16H,4-12H2,1-3H3. The van der Waals surface area contributed by atoms with Gasteiger partial charge >= 0.3 is 0 Å². The predicted molar refractivity (Wildman–Crippen MR) is 79.5 cm³/mol. The Kier molecular flexibility index (Phi) is 5.41. The molecule has 1 saturated carbocycles. The minimum Gasteiger partial charge on any atom is -0.383 e. The van der Waals surface area contributed by atoms with E-state index in [1.807, 2.05) is 0 Å². The monoisotopic (exact) mass is 283 g/mol. The molecule has 0 aromatic carbocycles. The van der Waals surface area contributed by atoms with E-state index in [0.717, 1.165) is 45.5 Å². The summed E-state index contributed by atoms with van der Waals surface area (Å²) in [5.74, 6) is 0.335. The van der Waals surface area contributed by atoms with Crippen LogP contribution in [-0.4, -0.2) is 67.8 Å². The van der Waals surface area contributed by atoms with Crippen LogP contribution in [0, 0.1) is 0 Å². The molecule has 116 valence electrons. The van der Waals surface area contributed by atoms with Gasteiger partial charge in [0, 0.05) is 26.7 Å². The zero-order valence-corrected chi connectivity index (χ0v) is 13.2. The Morgan fingerprint density at radius 3 is 2.70 bits per heavy atom. The fraction of sp³-hybridized carbons (Fsp3) is 0.933. The van der Waals surface area contributed by atoms with Gasteiger partial charge in [0.1, 0.15) is 0 Å². The summed E-state index contributed by atoms with van der Waals surface area (Å²) in [5.41, 5.74) is -0.230. The molecule has 1 unspecified atom stereocenters. The smallest absolute Gasteiger partial charge is 0.244 e. The molecule has 1 spiro atoms. The highest BCUT2D eigenvalue weighted by molar-refractivity contribution is 5.89. The third-order valence-electron chi connectivity index (χ3n) is 4.73. The van der Waals surface area contributed by atoms with Crippen LogP contribution in [0.4, 0.5) is 0 Å². The van der Waals surface area contributed by atoms with E-state index >= 15 is 0 Å². The van der Waals surface area contributed by atoms with Gasteiger partial charge < -0.3 is 14.5 Å². The maximum atomic E-state index is 12.7. The third kappa shape index (κ3) is 3.15. The van der Waals surface area contributed by atoms with Crippen LogP contribution < -0.4 is 5.32 Å². The molecule has 1 saturated heterocycles. The maximum Gasteiger partial charge on any atom is 0.244 e. The first kappa shape index (κ1) is 15.7. The molecule has 0 bridgehead atoms. The largest absolute Gasteiger partial charge is 0.383 e. The third-order valence-corrected chi connectivity index (χ3v) is 4.73. The first-order valence-electron chi connectivity index (χ1n) is 7.89. The normalized spacial score (nSPS) is 25.3. The van der Waals surface area contributed by atoms with Crippen LogP contribution in [0.3, 0.4) is 0 Å². The van der Waals surface area contributed by atoms with Crippen molar-refractivity contribution in [2.75, 3.05) is 40.4 Å². The van der Waals surface area contributed by atoms with Crippen molar-refractivity contribution in [1.82, 2.24) is 15.1 Å². The highest BCUT2D eigenvalue weighted by Crippen LogP contribution is 2.36. The van der Waals surface area contributed by atoms with Gasteiger partial charge in [-0.1, -0.05) is 19.8 Å². The minimum absolute atomic E-state index is 0.219. The Morgan fingerprint density at radius 1 is 1.40 bits per heavy atom. The Balaban J connectivity index is 1.90. The lowest BCUT2D eigenvalue weighted by molar-refractivity contribution is -0.133. The van der Waals surface area contributed by atoms with Crippen LogP contribution in [0.15, 0.2) is 0 Å². The molecule has 1 atom stereocenters. The van der Waals surface area contributed by atoms with Crippen LogP contribution in [0.25, 0.3) is 0 Å². The molecule has 0 radical (unpaired) electrons. The van der Waals surface area contributed by atoms with Crippen molar-refractivity contribution < 1.29 is 9.53 Å².